The van der Waals surface area contributed by atoms with Crippen LogP contribution in [0.5, 0.6) is 0 Å². The molecule has 22 heavy (non-hydrogen) atoms. The Morgan fingerprint density at radius 1 is 1.23 bits per heavy atom. The Balaban J connectivity index is 1.48. The van der Waals surface area contributed by atoms with Crippen LogP contribution in [-0.4, -0.2) is 16.8 Å². The normalized spacial score (nSPS) is 23.3. The first-order valence-corrected chi connectivity index (χ1v) is 8.69. The Hall–Kier alpha value is -1.68. The van der Waals surface area contributed by atoms with Crippen LogP contribution in [0.2, 0.25) is 0 Å². The maximum atomic E-state index is 13.9. The molecule has 0 aliphatic heterocycles. The smallest absolute Gasteiger partial charge is 0.226 e. The van der Waals surface area contributed by atoms with Gasteiger partial charge in [-0.2, -0.15) is 0 Å². The fourth-order valence-corrected chi connectivity index (χ4v) is 3.85. The van der Waals surface area contributed by atoms with Crippen molar-refractivity contribution in [2.45, 2.75) is 37.8 Å². The Bertz CT molecular complexity index is 680. The van der Waals surface area contributed by atoms with Gasteiger partial charge in [0.2, 0.25) is 5.91 Å². The molecule has 2 unspecified atom stereocenters. The molecule has 0 N–H and O–H groups in total. The summed E-state index contributed by atoms with van der Waals surface area (Å²) in [7, 11) is 0. The van der Waals surface area contributed by atoms with Gasteiger partial charge >= 0.3 is 0 Å². The lowest BCUT2D eigenvalue weighted by Gasteiger charge is -2.22. The third-order valence-electron chi connectivity index (χ3n) is 4.59. The van der Waals surface area contributed by atoms with Crippen molar-refractivity contribution in [3.8, 4) is 0 Å². The van der Waals surface area contributed by atoms with E-state index >= 15 is 0 Å². The third kappa shape index (κ3) is 2.68. The number of hydrogen-bond donors (Lipinski definition) is 0. The van der Waals surface area contributed by atoms with E-state index in [9.17, 15) is 9.18 Å². The molecule has 2 aromatic rings. The average molecular weight is 315 g/mol. The molecule has 0 radical (unpaired) electrons. The van der Waals surface area contributed by atoms with Crippen LogP contribution in [0.1, 0.15) is 35.6 Å². The van der Waals surface area contributed by atoms with Gasteiger partial charge in [-0.1, -0.05) is 24.3 Å². The fourth-order valence-electron chi connectivity index (χ4n) is 3.14. The zero-order chi connectivity index (χ0) is 15.1. The molecule has 2 fully saturated rings. The van der Waals surface area contributed by atoms with Crippen LogP contribution in [-0.2, 0) is 11.3 Å². The predicted molar refractivity (Wildman–Crippen MR) is 85.1 cm³/mol. The van der Waals surface area contributed by atoms with Crippen LogP contribution >= 0.6 is 11.3 Å². The summed E-state index contributed by atoms with van der Waals surface area (Å²) < 4.78 is 13.9. The molecule has 2 nitrogen and oxygen atoms in total. The van der Waals surface area contributed by atoms with Crippen LogP contribution in [0, 0.1) is 11.7 Å². The maximum absolute atomic E-state index is 13.9. The van der Waals surface area contributed by atoms with Gasteiger partial charge < -0.3 is 4.90 Å². The SMILES string of the molecule is O=C(C1CC1c1ccccc1F)N(Cc1cccs1)C1CC1. The van der Waals surface area contributed by atoms with Crippen molar-refractivity contribution < 1.29 is 9.18 Å². The van der Waals surface area contributed by atoms with Gasteiger partial charge in [-0.25, -0.2) is 4.39 Å². The van der Waals surface area contributed by atoms with Gasteiger partial charge in [-0.05, 0) is 48.3 Å². The maximum Gasteiger partial charge on any atom is 0.226 e. The number of carbonyl (C=O) groups excluding carboxylic acids is 1. The van der Waals surface area contributed by atoms with E-state index in [1.165, 1.54) is 10.9 Å². The van der Waals surface area contributed by atoms with Gasteiger partial charge in [-0.3, -0.25) is 4.79 Å². The highest BCUT2D eigenvalue weighted by Crippen LogP contribution is 2.50. The minimum absolute atomic E-state index is 0.0301. The van der Waals surface area contributed by atoms with E-state index in [0.29, 0.717) is 18.2 Å². The van der Waals surface area contributed by atoms with Crippen LogP contribution < -0.4 is 0 Å². The van der Waals surface area contributed by atoms with E-state index in [1.807, 2.05) is 28.5 Å². The third-order valence-corrected chi connectivity index (χ3v) is 5.45. The van der Waals surface area contributed by atoms with Crippen molar-refractivity contribution in [1.29, 1.82) is 0 Å². The average Bonchev–Trinajstić information content (AvgIpc) is 3.44. The van der Waals surface area contributed by atoms with E-state index in [1.54, 1.807) is 17.4 Å². The first kappa shape index (κ1) is 13.9. The van der Waals surface area contributed by atoms with Crippen molar-refractivity contribution >= 4 is 17.2 Å². The second kappa shape index (κ2) is 5.51. The molecule has 2 aliphatic rings. The summed E-state index contributed by atoms with van der Waals surface area (Å²) >= 11 is 1.69. The van der Waals surface area contributed by atoms with E-state index in [2.05, 4.69) is 6.07 Å². The van der Waals surface area contributed by atoms with Gasteiger partial charge in [0, 0.05) is 16.8 Å². The predicted octanol–water partition coefficient (Wildman–Crippen LogP) is 4.18. The Labute approximate surface area is 133 Å². The van der Waals surface area contributed by atoms with Gasteiger partial charge in [0.05, 0.1) is 6.54 Å². The molecule has 2 aliphatic carbocycles. The highest BCUT2D eigenvalue weighted by Gasteiger charge is 2.49. The highest BCUT2D eigenvalue weighted by molar-refractivity contribution is 7.09. The van der Waals surface area contributed by atoms with Gasteiger partial charge in [0.1, 0.15) is 5.82 Å². The highest BCUT2D eigenvalue weighted by atomic mass is 32.1. The molecule has 0 bridgehead atoms. The number of nitrogens with zero attached hydrogens (tertiary/aromatic N) is 1. The van der Waals surface area contributed by atoms with Crippen LogP contribution in [0.25, 0.3) is 0 Å². The number of halogens is 1. The summed E-state index contributed by atoms with van der Waals surface area (Å²) in [5.41, 5.74) is 0.702. The number of thiophene rings is 1. The standard InChI is InChI=1S/C18H18FNOS/c19-17-6-2-1-5-14(17)15-10-16(15)18(21)20(12-7-8-12)11-13-4-3-9-22-13/h1-6,9,12,15-16H,7-8,10-11H2. The van der Waals surface area contributed by atoms with E-state index in [-0.39, 0.29) is 23.6 Å². The van der Waals surface area contributed by atoms with E-state index < -0.39 is 0 Å². The number of hydrogen-bond acceptors (Lipinski definition) is 2. The van der Waals surface area contributed by atoms with Crippen LogP contribution in [0.3, 0.4) is 0 Å². The lowest BCUT2D eigenvalue weighted by Crippen LogP contribution is -2.33. The molecule has 4 heteroatoms. The Kier molecular flexibility index (Phi) is 3.49. The first-order valence-electron chi connectivity index (χ1n) is 7.81. The quantitative estimate of drug-likeness (QED) is 0.810. The Morgan fingerprint density at radius 3 is 2.73 bits per heavy atom. The summed E-state index contributed by atoms with van der Waals surface area (Å²) in [4.78, 5) is 16.1. The molecule has 4 rings (SSSR count). The molecule has 1 heterocycles. The second-order valence-corrected chi connectivity index (χ2v) is 7.28. The van der Waals surface area contributed by atoms with Gasteiger partial charge in [-0.15, -0.1) is 11.3 Å². The zero-order valence-corrected chi connectivity index (χ0v) is 13.1. The molecule has 2 saturated carbocycles. The zero-order valence-electron chi connectivity index (χ0n) is 12.2. The lowest BCUT2D eigenvalue weighted by molar-refractivity contribution is -0.133. The summed E-state index contributed by atoms with van der Waals surface area (Å²) in [5.74, 6) is 0.0685. The van der Waals surface area contributed by atoms with Crippen LogP contribution in [0.4, 0.5) is 4.39 Å². The molecule has 2 atom stereocenters. The number of rotatable bonds is 5. The number of carbonyl (C=O) groups is 1. The lowest BCUT2D eigenvalue weighted by atomic mass is 10.1. The molecule has 1 amide bonds. The minimum atomic E-state index is -0.181. The Morgan fingerprint density at radius 2 is 2.05 bits per heavy atom. The molecule has 0 spiro atoms. The van der Waals surface area contributed by atoms with Crippen molar-refractivity contribution in [1.82, 2.24) is 4.90 Å². The topological polar surface area (TPSA) is 20.3 Å². The molecule has 1 aromatic heterocycles. The van der Waals surface area contributed by atoms with Crippen LogP contribution in [0.15, 0.2) is 41.8 Å². The van der Waals surface area contributed by atoms with Crippen molar-refractivity contribution in [3.63, 3.8) is 0 Å². The fraction of sp³-hybridized carbons (Fsp3) is 0.389. The summed E-state index contributed by atoms with van der Waals surface area (Å²) in [6.07, 6.45) is 3.00. The molecule has 0 saturated heterocycles. The van der Waals surface area contributed by atoms with Gasteiger partial charge in [0.15, 0.2) is 0 Å². The molecule has 114 valence electrons. The van der Waals surface area contributed by atoms with Crippen molar-refractivity contribution in [2.24, 2.45) is 5.92 Å². The first-order chi connectivity index (χ1) is 10.7. The number of amides is 1. The molecular formula is C18H18FNOS. The summed E-state index contributed by atoms with van der Waals surface area (Å²) in [5, 5.41) is 2.05. The van der Waals surface area contributed by atoms with Crippen molar-refractivity contribution in [2.75, 3.05) is 0 Å². The molecule has 1 aromatic carbocycles. The number of benzene rings is 1. The van der Waals surface area contributed by atoms with Crippen molar-refractivity contribution in [3.05, 3.63) is 58.0 Å². The summed E-state index contributed by atoms with van der Waals surface area (Å²) in [6.45, 7) is 0.710. The monoisotopic (exact) mass is 315 g/mol. The van der Waals surface area contributed by atoms with E-state index in [4.69, 9.17) is 0 Å². The summed E-state index contributed by atoms with van der Waals surface area (Å²) in [6, 6.07) is 11.3. The minimum Gasteiger partial charge on any atom is -0.334 e. The van der Waals surface area contributed by atoms with Gasteiger partial charge in [0.25, 0.3) is 0 Å². The van der Waals surface area contributed by atoms with E-state index in [0.717, 1.165) is 19.3 Å². The largest absolute Gasteiger partial charge is 0.334 e. The second-order valence-electron chi connectivity index (χ2n) is 6.25. The molecular weight excluding hydrogens is 297 g/mol.